The topological polar surface area (TPSA) is 51.2 Å². The zero-order chi connectivity index (χ0) is 9.97. The smallest absolute Gasteiger partial charge is 0.122 e. The molecule has 0 aliphatic carbocycles. The number of hydrogen-bond donors (Lipinski definition) is 2. The molecule has 78 valence electrons. The maximum Gasteiger partial charge on any atom is 0.122 e. The third-order valence-electron chi connectivity index (χ3n) is 2.87. The van der Waals surface area contributed by atoms with Crippen LogP contribution < -0.4 is 11.1 Å². The highest BCUT2D eigenvalue weighted by molar-refractivity contribution is 5.11. The Morgan fingerprint density at radius 2 is 2.36 bits per heavy atom. The number of furan rings is 1. The molecule has 1 aromatic rings. The first kappa shape index (κ1) is 9.74. The van der Waals surface area contributed by atoms with Gasteiger partial charge in [-0.2, -0.15) is 0 Å². The van der Waals surface area contributed by atoms with Crippen LogP contribution >= 0.6 is 0 Å². The maximum absolute atomic E-state index is 6.13. The number of rotatable bonds is 2. The van der Waals surface area contributed by atoms with E-state index >= 15 is 0 Å². The maximum atomic E-state index is 6.13. The molecule has 1 fully saturated rings. The summed E-state index contributed by atoms with van der Waals surface area (Å²) in [4.78, 5) is 0. The van der Waals surface area contributed by atoms with E-state index in [1.54, 1.807) is 0 Å². The third kappa shape index (κ3) is 1.99. The molecule has 14 heavy (non-hydrogen) atoms. The molecule has 3 N–H and O–H groups in total. The van der Waals surface area contributed by atoms with Crippen LogP contribution in [0.5, 0.6) is 0 Å². The molecule has 1 aromatic heterocycles. The molecule has 1 aliphatic rings. The first-order chi connectivity index (χ1) is 6.77. The molecule has 0 radical (unpaired) electrons. The van der Waals surface area contributed by atoms with Crippen LogP contribution in [0.3, 0.4) is 0 Å². The van der Waals surface area contributed by atoms with Crippen molar-refractivity contribution in [3.05, 3.63) is 23.7 Å². The zero-order valence-electron chi connectivity index (χ0n) is 8.62. The van der Waals surface area contributed by atoms with Gasteiger partial charge in [0.15, 0.2) is 0 Å². The summed E-state index contributed by atoms with van der Waals surface area (Å²) in [6, 6.07) is 4.34. The average Bonchev–Trinajstić information content (AvgIpc) is 2.65. The molecular weight excluding hydrogens is 176 g/mol. The van der Waals surface area contributed by atoms with Gasteiger partial charge in [0.05, 0.1) is 6.04 Å². The quantitative estimate of drug-likeness (QED) is 0.753. The van der Waals surface area contributed by atoms with Crippen LogP contribution in [-0.2, 0) is 0 Å². The van der Waals surface area contributed by atoms with Crippen molar-refractivity contribution in [2.45, 2.75) is 38.3 Å². The lowest BCUT2D eigenvalue weighted by Gasteiger charge is -2.27. The lowest BCUT2D eigenvalue weighted by atomic mass is 9.97. The summed E-state index contributed by atoms with van der Waals surface area (Å²) in [6.45, 7) is 3.03. The van der Waals surface area contributed by atoms with E-state index in [1.807, 2.05) is 19.1 Å². The third-order valence-corrected chi connectivity index (χ3v) is 2.87. The fourth-order valence-electron chi connectivity index (χ4n) is 2.02. The monoisotopic (exact) mass is 194 g/mol. The Morgan fingerprint density at radius 3 is 2.93 bits per heavy atom. The minimum atomic E-state index is 0.00370. The van der Waals surface area contributed by atoms with Crippen LogP contribution in [-0.4, -0.2) is 12.6 Å². The van der Waals surface area contributed by atoms with E-state index < -0.39 is 0 Å². The van der Waals surface area contributed by atoms with Crippen LogP contribution in [0.2, 0.25) is 0 Å². The van der Waals surface area contributed by atoms with Crippen molar-refractivity contribution in [3.63, 3.8) is 0 Å². The van der Waals surface area contributed by atoms with Crippen LogP contribution in [0.1, 0.15) is 36.8 Å². The van der Waals surface area contributed by atoms with E-state index in [-0.39, 0.29) is 6.04 Å². The fraction of sp³-hybridized carbons (Fsp3) is 0.636. The van der Waals surface area contributed by atoms with Gasteiger partial charge in [-0.15, -0.1) is 0 Å². The molecule has 1 saturated heterocycles. The first-order valence-corrected chi connectivity index (χ1v) is 5.32. The van der Waals surface area contributed by atoms with Gasteiger partial charge >= 0.3 is 0 Å². The second-order valence-electron chi connectivity index (χ2n) is 4.03. The van der Waals surface area contributed by atoms with E-state index in [9.17, 15) is 0 Å². The van der Waals surface area contributed by atoms with E-state index in [0.29, 0.717) is 6.04 Å². The van der Waals surface area contributed by atoms with Gasteiger partial charge in [-0.3, -0.25) is 0 Å². The van der Waals surface area contributed by atoms with Crippen LogP contribution in [0.4, 0.5) is 0 Å². The molecule has 3 heteroatoms. The molecule has 2 atom stereocenters. The minimum Gasteiger partial charge on any atom is -0.465 e. The van der Waals surface area contributed by atoms with Crippen molar-refractivity contribution in [1.82, 2.24) is 5.32 Å². The molecule has 0 amide bonds. The van der Waals surface area contributed by atoms with Gasteiger partial charge in [0.2, 0.25) is 0 Å². The van der Waals surface area contributed by atoms with E-state index in [1.165, 1.54) is 12.8 Å². The van der Waals surface area contributed by atoms with Gasteiger partial charge < -0.3 is 15.5 Å². The van der Waals surface area contributed by atoms with Gasteiger partial charge in [-0.1, -0.05) is 6.42 Å². The van der Waals surface area contributed by atoms with Gasteiger partial charge in [-0.25, -0.2) is 0 Å². The van der Waals surface area contributed by atoms with Gasteiger partial charge in [0, 0.05) is 6.04 Å². The number of hydrogen-bond acceptors (Lipinski definition) is 3. The molecule has 3 nitrogen and oxygen atoms in total. The van der Waals surface area contributed by atoms with Crippen molar-refractivity contribution < 1.29 is 4.42 Å². The highest BCUT2D eigenvalue weighted by atomic mass is 16.3. The summed E-state index contributed by atoms with van der Waals surface area (Å²) in [5, 5.41) is 3.44. The summed E-state index contributed by atoms with van der Waals surface area (Å²) < 4.78 is 5.53. The van der Waals surface area contributed by atoms with Crippen molar-refractivity contribution in [1.29, 1.82) is 0 Å². The lowest BCUT2D eigenvalue weighted by Crippen LogP contribution is -2.42. The Balaban J connectivity index is 2.03. The molecule has 2 rings (SSSR count). The second-order valence-corrected chi connectivity index (χ2v) is 4.03. The predicted octanol–water partition coefficient (Wildman–Crippen LogP) is 1.73. The average molecular weight is 194 g/mol. The molecular formula is C11H18N2O. The van der Waals surface area contributed by atoms with E-state index in [0.717, 1.165) is 24.5 Å². The van der Waals surface area contributed by atoms with Crippen LogP contribution in [0.15, 0.2) is 16.5 Å². The van der Waals surface area contributed by atoms with E-state index in [4.69, 9.17) is 10.2 Å². The van der Waals surface area contributed by atoms with Gasteiger partial charge in [0.25, 0.3) is 0 Å². The van der Waals surface area contributed by atoms with Gasteiger partial charge in [-0.05, 0) is 38.4 Å². The highest BCUT2D eigenvalue weighted by Crippen LogP contribution is 2.22. The summed E-state index contributed by atoms with van der Waals surface area (Å²) >= 11 is 0. The number of nitrogens with one attached hydrogen (secondary N) is 1. The highest BCUT2D eigenvalue weighted by Gasteiger charge is 2.23. The molecule has 0 spiro atoms. The van der Waals surface area contributed by atoms with Crippen molar-refractivity contribution in [2.24, 2.45) is 5.73 Å². The second kappa shape index (κ2) is 4.15. The Bertz CT molecular complexity index is 289. The van der Waals surface area contributed by atoms with Crippen molar-refractivity contribution in [2.75, 3.05) is 6.54 Å². The van der Waals surface area contributed by atoms with Gasteiger partial charge in [0.1, 0.15) is 11.5 Å². The Morgan fingerprint density at radius 1 is 1.50 bits per heavy atom. The standard InChI is InChI=1S/C11H18N2O/c1-8-5-6-10(14-8)11(12)9-4-2-3-7-13-9/h5-6,9,11,13H,2-4,7,12H2,1H3. The van der Waals surface area contributed by atoms with E-state index in [2.05, 4.69) is 5.32 Å². The molecule has 0 saturated carbocycles. The van der Waals surface area contributed by atoms with Crippen molar-refractivity contribution in [3.8, 4) is 0 Å². The SMILES string of the molecule is Cc1ccc(C(N)C2CCCCN2)o1. The Hall–Kier alpha value is -0.800. The Kier molecular flexibility index (Phi) is 2.89. The summed E-state index contributed by atoms with van der Waals surface area (Å²) in [5.41, 5.74) is 6.13. The summed E-state index contributed by atoms with van der Waals surface area (Å²) in [6.07, 6.45) is 3.69. The predicted molar refractivity (Wildman–Crippen MR) is 56.0 cm³/mol. The Labute approximate surface area is 84.7 Å². The first-order valence-electron chi connectivity index (χ1n) is 5.32. The van der Waals surface area contributed by atoms with Crippen LogP contribution in [0.25, 0.3) is 0 Å². The molecule has 1 aliphatic heterocycles. The number of aryl methyl sites for hydroxylation is 1. The fourth-order valence-corrected chi connectivity index (χ4v) is 2.02. The lowest BCUT2D eigenvalue weighted by molar-refractivity contribution is 0.318. The molecule has 2 unspecified atom stereocenters. The molecule has 0 bridgehead atoms. The number of piperidine rings is 1. The molecule has 2 heterocycles. The summed E-state index contributed by atoms with van der Waals surface area (Å²) in [7, 11) is 0. The van der Waals surface area contributed by atoms with Crippen molar-refractivity contribution >= 4 is 0 Å². The molecule has 0 aromatic carbocycles. The largest absolute Gasteiger partial charge is 0.465 e. The summed E-state index contributed by atoms with van der Waals surface area (Å²) in [5.74, 6) is 1.84. The minimum absolute atomic E-state index is 0.00370. The number of nitrogens with two attached hydrogens (primary N) is 1. The van der Waals surface area contributed by atoms with Crippen LogP contribution in [0, 0.1) is 6.92 Å². The normalized spacial score (nSPS) is 24.9. The zero-order valence-corrected chi connectivity index (χ0v) is 8.62.